The molecule has 2 aromatic carbocycles. The Labute approximate surface area is 185 Å². The smallest absolute Gasteiger partial charge is 0.388 e. The second-order valence-electron chi connectivity index (χ2n) is 6.61. The molecule has 0 heterocycles. The Bertz CT molecular complexity index is 944. The summed E-state index contributed by atoms with van der Waals surface area (Å²) >= 11 is 0. The first-order chi connectivity index (χ1) is 15.1. The summed E-state index contributed by atoms with van der Waals surface area (Å²) in [4.78, 5) is 0. The molecule has 0 fully saturated rings. The fraction of sp³-hybridized carbons (Fsp3) is 0.333. The zero-order valence-corrected chi connectivity index (χ0v) is 18.7. The first kappa shape index (κ1) is 27.1. The molecule has 0 aliphatic heterocycles. The maximum Gasteiger partial charge on any atom is 0.416 e. The van der Waals surface area contributed by atoms with Crippen LogP contribution in [0.5, 0.6) is 0 Å². The standard InChI is InChI=1S/C22H22F6N2.C2H6/c1-4-13(2)17(22(26,27)28)11-20(29-3)14-5-7-15(8-6-14)30-12-16-18(23)9-10-19(24)21(16)25;1-2/h5-11,29-30H,4,12H2,1-3H3;1-2H3/b17-13?,20-11-;. The van der Waals surface area contributed by atoms with Crippen LogP contribution in [0, 0.1) is 17.5 Å². The van der Waals surface area contributed by atoms with Gasteiger partial charge in [0.25, 0.3) is 0 Å². The summed E-state index contributed by atoms with van der Waals surface area (Å²) < 4.78 is 80.8. The summed E-state index contributed by atoms with van der Waals surface area (Å²) in [6.07, 6.45) is -3.17. The predicted molar refractivity (Wildman–Crippen MR) is 118 cm³/mol. The van der Waals surface area contributed by atoms with Crippen LogP contribution in [0.3, 0.4) is 0 Å². The lowest BCUT2D eigenvalue weighted by molar-refractivity contribution is -0.0890. The maximum atomic E-state index is 13.7. The van der Waals surface area contributed by atoms with Crippen molar-refractivity contribution in [1.29, 1.82) is 0 Å². The van der Waals surface area contributed by atoms with Gasteiger partial charge in [0.15, 0.2) is 11.6 Å². The molecule has 2 N–H and O–H groups in total. The number of alkyl halides is 3. The van der Waals surface area contributed by atoms with Crippen LogP contribution in [0.1, 0.15) is 45.2 Å². The monoisotopic (exact) mass is 458 g/mol. The fourth-order valence-electron chi connectivity index (χ4n) is 2.77. The van der Waals surface area contributed by atoms with Gasteiger partial charge < -0.3 is 10.6 Å². The quantitative estimate of drug-likeness (QED) is 0.254. The summed E-state index contributed by atoms with van der Waals surface area (Å²) in [6.45, 7) is 6.79. The van der Waals surface area contributed by atoms with Crippen LogP contribution < -0.4 is 10.6 Å². The van der Waals surface area contributed by atoms with Crippen molar-refractivity contribution >= 4 is 11.4 Å². The second kappa shape index (κ2) is 12.2. The van der Waals surface area contributed by atoms with Gasteiger partial charge >= 0.3 is 6.18 Å². The highest BCUT2D eigenvalue weighted by molar-refractivity contribution is 5.68. The minimum Gasteiger partial charge on any atom is -0.388 e. The number of halogens is 6. The van der Waals surface area contributed by atoms with E-state index in [1.165, 1.54) is 14.0 Å². The Balaban J connectivity index is 0.00000249. The molecule has 0 radical (unpaired) electrons. The Hall–Kier alpha value is -2.90. The van der Waals surface area contributed by atoms with Gasteiger partial charge in [0.05, 0.1) is 5.57 Å². The Morgan fingerprint density at radius 3 is 2.00 bits per heavy atom. The fourth-order valence-corrected chi connectivity index (χ4v) is 2.77. The summed E-state index contributed by atoms with van der Waals surface area (Å²) in [5.74, 6) is -3.29. The lowest BCUT2D eigenvalue weighted by atomic mass is 10.0. The van der Waals surface area contributed by atoms with Gasteiger partial charge in [-0.1, -0.05) is 38.5 Å². The van der Waals surface area contributed by atoms with E-state index < -0.39 is 34.8 Å². The van der Waals surface area contributed by atoms with E-state index in [1.54, 1.807) is 31.2 Å². The van der Waals surface area contributed by atoms with Gasteiger partial charge in [0.1, 0.15) is 5.82 Å². The van der Waals surface area contributed by atoms with Crippen molar-refractivity contribution in [1.82, 2.24) is 5.32 Å². The molecule has 0 saturated carbocycles. The lowest BCUT2D eigenvalue weighted by Crippen LogP contribution is -2.15. The van der Waals surface area contributed by atoms with Gasteiger partial charge in [-0.3, -0.25) is 0 Å². The average Bonchev–Trinajstić information content (AvgIpc) is 2.78. The molecule has 0 aliphatic carbocycles. The van der Waals surface area contributed by atoms with Crippen molar-refractivity contribution in [3.05, 3.63) is 82.2 Å². The van der Waals surface area contributed by atoms with Crippen LogP contribution in [-0.2, 0) is 6.54 Å². The first-order valence-electron chi connectivity index (χ1n) is 10.2. The molecular weight excluding hydrogens is 430 g/mol. The number of hydrogen-bond donors (Lipinski definition) is 2. The molecule has 32 heavy (non-hydrogen) atoms. The number of hydrogen-bond acceptors (Lipinski definition) is 2. The molecule has 0 atom stereocenters. The highest BCUT2D eigenvalue weighted by Gasteiger charge is 2.33. The first-order valence-corrected chi connectivity index (χ1v) is 10.2. The van der Waals surface area contributed by atoms with Gasteiger partial charge in [-0.05, 0) is 49.2 Å². The van der Waals surface area contributed by atoms with Gasteiger partial charge in [0, 0.05) is 30.5 Å². The van der Waals surface area contributed by atoms with Crippen LogP contribution in [0.25, 0.3) is 5.70 Å². The number of rotatable bonds is 7. The van der Waals surface area contributed by atoms with Crippen molar-refractivity contribution in [2.75, 3.05) is 12.4 Å². The van der Waals surface area contributed by atoms with E-state index in [0.717, 1.165) is 12.1 Å². The number of anilines is 1. The Morgan fingerprint density at radius 1 is 0.938 bits per heavy atom. The molecular formula is C24H28F6N2. The minimum absolute atomic E-state index is 0.215. The van der Waals surface area contributed by atoms with Crippen LogP contribution >= 0.6 is 0 Å². The number of benzene rings is 2. The normalized spacial score (nSPS) is 12.5. The van der Waals surface area contributed by atoms with Crippen molar-refractivity contribution < 1.29 is 26.3 Å². The van der Waals surface area contributed by atoms with Crippen LogP contribution in [0.2, 0.25) is 0 Å². The topological polar surface area (TPSA) is 24.1 Å². The van der Waals surface area contributed by atoms with Gasteiger partial charge in [-0.2, -0.15) is 13.2 Å². The third-order valence-corrected chi connectivity index (χ3v) is 4.66. The van der Waals surface area contributed by atoms with Crippen molar-refractivity contribution in [3.8, 4) is 0 Å². The molecule has 0 bridgehead atoms. The highest BCUT2D eigenvalue weighted by atomic mass is 19.4. The van der Waals surface area contributed by atoms with Gasteiger partial charge in [-0.15, -0.1) is 0 Å². The molecule has 176 valence electrons. The third kappa shape index (κ3) is 7.07. The molecule has 0 spiro atoms. The molecule has 2 aromatic rings. The van der Waals surface area contributed by atoms with E-state index in [0.29, 0.717) is 17.3 Å². The molecule has 2 nitrogen and oxygen atoms in total. The van der Waals surface area contributed by atoms with Crippen LogP contribution in [-0.4, -0.2) is 13.2 Å². The summed E-state index contributed by atoms with van der Waals surface area (Å²) in [6, 6.07) is 7.79. The third-order valence-electron chi connectivity index (χ3n) is 4.66. The zero-order chi connectivity index (χ0) is 24.5. The van der Waals surface area contributed by atoms with E-state index in [2.05, 4.69) is 10.6 Å². The largest absolute Gasteiger partial charge is 0.416 e. The zero-order valence-electron chi connectivity index (χ0n) is 18.7. The van der Waals surface area contributed by atoms with Gasteiger partial charge in [0.2, 0.25) is 0 Å². The average molecular weight is 458 g/mol. The van der Waals surface area contributed by atoms with Crippen molar-refractivity contribution in [2.45, 2.75) is 46.8 Å². The number of nitrogens with one attached hydrogen (secondary N) is 2. The van der Waals surface area contributed by atoms with Gasteiger partial charge in [-0.25, -0.2) is 13.2 Å². The summed E-state index contributed by atoms with van der Waals surface area (Å²) in [5.41, 5.74) is 0.292. The van der Waals surface area contributed by atoms with E-state index in [4.69, 9.17) is 0 Å². The summed E-state index contributed by atoms with van der Waals surface area (Å²) in [5, 5.41) is 5.53. The van der Waals surface area contributed by atoms with E-state index in [9.17, 15) is 26.3 Å². The van der Waals surface area contributed by atoms with E-state index in [1.807, 2.05) is 13.8 Å². The van der Waals surface area contributed by atoms with Crippen LogP contribution in [0.15, 0.2) is 53.6 Å². The van der Waals surface area contributed by atoms with E-state index >= 15 is 0 Å². The lowest BCUT2D eigenvalue weighted by Gasteiger charge is -2.15. The Kier molecular flexibility index (Phi) is 10.4. The Morgan fingerprint density at radius 2 is 1.50 bits per heavy atom. The SMILES string of the molecule is CC.CCC(C)=C(/C=C(\NC)c1ccc(NCc2c(F)ccc(F)c2F)cc1)C(F)(F)F. The predicted octanol–water partition coefficient (Wildman–Crippen LogP) is 7.59. The second-order valence-corrected chi connectivity index (χ2v) is 6.61. The van der Waals surface area contributed by atoms with Crippen molar-refractivity contribution in [2.24, 2.45) is 0 Å². The van der Waals surface area contributed by atoms with Crippen LogP contribution in [0.4, 0.5) is 32.0 Å². The maximum absolute atomic E-state index is 13.7. The number of allylic oxidation sites excluding steroid dienone is 3. The molecule has 0 aliphatic rings. The van der Waals surface area contributed by atoms with Crippen molar-refractivity contribution in [3.63, 3.8) is 0 Å². The van der Waals surface area contributed by atoms with E-state index in [-0.39, 0.29) is 24.2 Å². The molecule has 0 aromatic heterocycles. The molecule has 0 unspecified atom stereocenters. The molecule has 0 saturated heterocycles. The molecule has 8 heteroatoms. The summed E-state index contributed by atoms with van der Waals surface area (Å²) in [7, 11) is 1.52. The molecule has 0 amide bonds. The minimum atomic E-state index is -4.48. The highest BCUT2D eigenvalue weighted by Crippen LogP contribution is 2.32. The molecule has 2 rings (SSSR count).